The third-order valence-electron chi connectivity index (χ3n) is 7.22. The highest BCUT2D eigenvalue weighted by Gasteiger charge is 2.31. The molecule has 4 N–H and O–H groups in total. The first-order valence-corrected chi connectivity index (χ1v) is 14.0. The fourth-order valence-electron chi connectivity index (χ4n) is 5.19. The number of aliphatic carboxylic acids is 1. The number of amides is 1. The minimum absolute atomic E-state index is 0.0117. The Kier molecular flexibility index (Phi) is 11.2. The van der Waals surface area contributed by atoms with Crippen LogP contribution < -0.4 is 5.32 Å². The van der Waals surface area contributed by atoms with Gasteiger partial charge in [-0.25, -0.2) is 4.79 Å². The second-order valence-corrected chi connectivity index (χ2v) is 10.1. The van der Waals surface area contributed by atoms with Crippen LogP contribution in [0.4, 0.5) is 5.69 Å². The Labute approximate surface area is 240 Å². The van der Waals surface area contributed by atoms with Crippen molar-refractivity contribution in [3.8, 4) is 0 Å². The van der Waals surface area contributed by atoms with Gasteiger partial charge in [-0.05, 0) is 31.0 Å². The van der Waals surface area contributed by atoms with Crippen molar-refractivity contribution in [2.75, 3.05) is 44.7 Å². The second-order valence-electron chi connectivity index (χ2n) is 10.1. The van der Waals surface area contributed by atoms with Crippen molar-refractivity contribution in [2.24, 2.45) is 4.99 Å². The van der Waals surface area contributed by atoms with Crippen LogP contribution in [0.15, 0.2) is 89.9 Å². The molecule has 216 valence electrons. The summed E-state index contributed by atoms with van der Waals surface area (Å²) in [6.45, 7) is 1.64. The van der Waals surface area contributed by atoms with Crippen LogP contribution in [0.3, 0.4) is 0 Å². The van der Waals surface area contributed by atoms with Crippen molar-refractivity contribution in [3.05, 3.63) is 102 Å². The van der Waals surface area contributed by atoms with Gasteiger partial charge < -0.3 is 20.6 Å². The minimum atomic E-state index is -1.16. The number of carbonyl (C=O) groups is 2. The van der Waals surface area contributed by atoms with Gasteiger partial charge in [0, 0.05) is 37.3 Å². The van der Waals surface area contributed by atoms with Crippen LogP contribution in [0, 0.1) is 0 Å². The molecule has 3 aromatic rings. The number of hydrogen-bond acceptors (Lipinski definition) is 7. The maximum atomic E-state index is 13.6. The second kappa shape index (κ2) is 15.2. The number of anilines is 1. The summed E-state index contributed by atoms with van der Waals surface area (Å²) in [5, 5.41) is 32.0. The van der Waals surface area contributed by atoms with Gasteiger partial charge in [0.2, 0.25) is 5.91 Å². The Morgan fingerprint density at radius 3 is 2.22 bits per heavy atom. The SMILES string of the molecule is O=C(O)[C@H](CN(CCO)CCO)N=C(c1ccccc1)c1ccccc1NC(=O)[C@@H]1CCCN1Cc1ccccc1. The number of aliphatic hydroxyl groups excluding tert-OH is 2. The van der Waals surface area contributed by atoms with E-state index in [0.29, 0.717) is 29.1 Å². The van der Waals surface area contributed by atoms with E-state index in [1.807, 2.05) is 72.8 Å². The van der Waals surface area contributed by atoms with E-state index in [1.54, 1.807) is 4.90 Å². The van der Waals surface area contributed by atoms with E-state index < -0.39 is 12.0 Å². The molecule has 9 nitrogen and oxygen atoms in total. The maximum Gasteiger partial charge on any atom is 0.329 e. The van der Waals surface area contributed by atoms with Crippen molar-refractivity contribution < 1.29 is 24.9 Å². The summed E-state index contributed by atoms with van der Waals surface area (Å²) in [5.41, 5.74) is 3.47. The third-order valence-corrected chi connectivity index (χ3v) is 7.22. The van der Waals surface area contributed by atoms with Crippen LogP contribution in [0.1, 0.15) is 29.5 Å². The highest BCUT2D eigenvalue weighted by Crippen LogP contribution is 2.25. The molecule has 0 bridgehead atoms. The largest absolute Gasteiger partial charge is 0.480 e. The third kappa shape index (κ3) is 8.31. The zero-order valence-corrected chi connectivity index (χ0v) is 23.1. The van der Waals surface area contributed by atoms with E-state index in [9.17, 15) is 24.9 Å². The molecule has 0 radical (unpaired) electrons. The maximum absolute atomic E-state index is 13.6. The zero-order valence-electron chi connectivity index (χ0n) is 23.1. The predicted molar refractivity (Wildman–Crippen MR) is 159 cm³/mol. The molecule has 1 saturated heterocycles. The summed E-state index contributed by atoms with van der Waals surface area (Å²) < 4.78 is 0. The molecule has 1 amide bonds. The lowest BCUT2D eigenvalue weighted by molar-refractivity contribution is -0.139. The first kappa shape index (κ1) is 30.1. The average Bonchev–Trinajstić information content (AvgIpc) is 3.45. The lowest BCUT2D eigenvalue weighted by Crippen LogP contribution is -2.40. The van der Waals surface area contributed by atoms with Crippen molar-refractivity contribution >= 4 is 23.3 Å². The Hall–Kier alpha value is -3.89. The fourth-order valence-corrected chi connectivity index (χ4v) is 5.19. The van der Waals surface area contributed by atoms with E-state index in [1.165, 1.54) is 0 Å². The van der Waals surface area contributed by atoms with Gasteiger partial charge in [-0.1, -0.05) is 78.9 Å². The molecule has 9 heteroatoms. The van der Waals surface area contributed by atoms with Gasteiger partial charge in [0.25, 0.3) is 0 Å². The number of hydrogen-bond donors (Lipinski definition) is 4. The van der Waals surface area contributed by atoms with Gasteiger partial charge in [-0.2, -0.15) is 0 Å². The molecule has 0 aliphatic carbocycles. The number of benzene rings is 3. The van der Waals surface area contributed by atoms with Crippen LogP contribution in [0.25, 0.3) is 0 Å². The number of nitrogens with zero attached hydrogens (tertiary/aromatic N) is 3. The van der Waals surface area contributed by atoms with E-state index in [2.05, 4.69) is 22.3 Å². The Morgan fingerprint density at radius 2 is 1.56 bits per heavy atom. The monoisotopic (exact) mass is 558 g/mol. The number of para-hydroxylation sites is 1. The fraction of sp³-hybridized carbons (Fsp3) is 0.344. The van der Waals surface area contributed by atoms with Crippen molar-refractivity contribution in [1.82, 2.24) is 9.80 Å². The predicted octanol–water partition coefficient (Wildman–Crippen LogP) is 2.87. The van der Waals surface area contributed by atoms with E-state index in [-0.39, 0.29) is 44.8 Å². The molecule has 0 aromatic heterocycles. The zero-order chi connectivity index (χ0) is 29.0. The summed E-state index contributed by atoms with van der Waals surface area (Å²) in [6.07, 6.45) is 1.69. The number of nitrogens with one attached hydrogen (secondary N) is 1. The number of likely N-dealkylation sites (tertiary alicyclic amines) is 1. The molecule has 1 fully saturated rings. The number of aliphatic hydroxyl groups is 2. The van der Waals surface area contributed by atoms with Gasteiger partial charge in [0.1, 0.15) is 0 Å². The number of aliphatic imine (C=N–C) groups is 1. The van der Waals surface area contributed by atoms with Gasteiger partial charge in [0.15, 0.2) is 6.04 Å². The molecule has 0 spiro atoms. The number of rotatable bonds is 14. The van der Waals surface area contributed by atoms with Crippen LogP contribution >= 0.6 is 0 Å². The van der Waals surface area contributed by atoms with Gasteiger partial charge in [0.05, 0.1) is 30.7 Å². The standard InChI is InChI=1S/C32H38N4O5/c37-20-18-35(19-21-38)23-28(32(40)41)33-30(25-12-5-2-6-13-25)26-14-7-8-15-27(26)34-31(39)29-16-9-17-36(29)22-24-10-3-1-4-11-24/h1-8,10-15,28-29,37-38H,9,16-23H2,(H,34,39)(H,40,41)/t28-,29-/m0/s1. The molecule has 3 aromatic carbocycles. The van der Waals surface area contributed by atoms with Crippen LogP contribution in [-0.2, 0) is 16.1 Å². The number of carbonyl (C=O) groups excluding carboxylic acids is 1. The van der Waals surface area contributed by atoms with E-state index in [0.717, 1.165) is 24.9 Å². The molecule has 1 aliphatic rings. The minimum Gasteiger partial charge on any atom is -0.480 e. The van der Waals surface area contributed by atoms with Crippen LogP contribution in [0.2, 0.25) is 0 Å². The molecular formula is C32H38N4O5. The van der Waals surface area contributed by atoms with Crippen LogP contribution in [0.5, 0.6) is 0 Å². The molecule has 2 atom stereocenters. The topological polar surface area (TPSA) is 126 Å². The molecule has 0 unspecified atom stereocenters. The first-order chi connectivity index (χ1) is 20.0. The Morgan fingerprint density at radius 1 is 0.927 bits per heavy atom. The molecular weight excluding hydrogens is 520 g/mol. The number of carboxylic acids is 1. The smallest absolute Gasteiger partial charge is 0.329 e. The first-order valence-electron chi connectivity index (χ1n) is 14.0. The van der Waals surface area contributed by atoms with Crippen molar-refractivity contribution in [1.29, 1.82) is 0 Å². The van der Waals surface area contributed by atoms with E-state index >= 15 is 0 Å². The van der Waals surface area contributed by atoms with Gasteiger partial charge in [-0.15, -0.1) is 0 Å². The lowest BCUT2D eigenvalue weighted by Gasteiger charge is -2.25. The summed E-state index contributed by atoms with van der Waals surface area (Å²) in [6, 6.07) is 25.2. The molecule has 1 aliphatic heterocycles. The van der Waals surface area contributed by atoms with E-state index in [4.69, 9.17) is 4.99 Å². The van der Waals surface area contributed by atoms with Gasteiger partial charge >= 0.3 is 5.97 Å². The van der Waals surface area contributed by atoms with Crippen molar-refractivity contribution in [3.63, 3.8) is 0 Å². The Balaban J connectivity index is 1.64. The van der Waals surface area contributed by atoms with Gasteiger partial charge in [-0.3, -0.25) is 19.6 Å². The molecule has 0 saturated carbocycles. The summed E-state index contributed by atoms with van der Waals surface area (Å²) >= 11 is 0. The summed E-state index contributed by atoms with van der Waals surface area (Å²) in [7, 11) is 0. The summed E-state index contributed by atoms with van der Waals surface area (Å²) in [5.74, 6) is -1.23. The van der Waals surface area contributed by atoms with Crippen molar-refractivity contribution in [2.45, 2.75) is 31.5 Å². The Bertz CT molecular complexity index is 1300. The quantitative estimate of drug-likeness (QED) is 0.224. The molecule has 4 rings (SSSR count). The highest BCUT2D eigenvalue weighted by atomic mass is 16.4. The highest BCUT2D eigenvalue weighted by molar-refractivity contribution is 6.17. The van der Waals surface area contributed by atoms with Crippen LogP contribution in [-0.4, -0.2) is 94.2 Å². The summed E-state index contributed by atoms with van der Waals surface area (Å²) in [4.78, 5) is 34.5. The molecule has 1 heterocycles. The normalized spacial score (nSPS) is 16.6. The number of carboxylic acid groups (broad SMARTS) is 1. The average molecular weight is 559 g/mol. The lowest BCUT2D eigenvalue weighted by atomic mass is 9.99. The molecule has 41 heavy (non-hydrogen) atoms.